The second-order valence-electron chi connectivity index (χ2n) is 4.59. The normalized spacial score (nSPS) is 15.1. The van der Waals surface area contributed by atoms with Crippen molar-refractivity contribution < 1.29 is 9.13 Å². The Hall–Kier alpha value is -1.31. The van der Waals surface area contributed by atoms with Gasteiger partial charge in [-0.15, -0.1) is 0 Å². The molecule has 0 bridgehead atoms. The molecule has 1 aromatic rings. The van der Waals surface area contributed by atoms with E-state index in [2.05, 4.69) is 0 Å². The Balaban J connectivity index is 2.57. The lowest BCUT2D eigenvalue weighted by molar-refractivity contribution is 0.125. The number of benzene rings is 1. The van der Waals surface area contributed by atoms with Crippen molar-refractivity contribution in [1.29, 1.82) is 0 Å². The molecule has 0 spiro atoms. The van der Waals surface area contributed by atoms with Crippen LogP contribution in [-0.2, 0) is 0 Å². The van der Waals surface area contributed by atoms with Crippen molar-refractivity contribution in [2.24, 2.45) is 5.92 Å². The highest BCUT2D eigenvalue weighted by Crippen LogP contribution is 2.21. The van der Waals surface area contributed by atoms with E-state index in [4.69, 9.17) is 4.74 Å². The summed E-state index contributed by atoms with van der Waals surface area (Å²) in [6.07, 6.45) is 3.93. The first kappa shape index (κ1) is 13.8. The first-order valence-electron chi connectivity index (χ1n) is 6.12. The second kappa shape index (κ2) is 6.43. The van der Waals surface area contributed by atoms with Gasteiger partial charge in [0.1, 0.15) is 12.4 Å². The Morgan fingerprint density at radius 2 is 1.94 bits per heavy atom. The zero-order valence-electron chi connectivity index (χ0n) is 10.8. The summed E-state index contributed by atoms with van der Waals surface area (Å²) in [5.41, 5.74) is -1.37. The quantitative estimate of drug-likeness (QED) is 0.665. The van der Waals surface area contributed by atoms with Crippen LogP contribution in [-0.4, -0.2) is 12.3 Å². The molecule has 1 nitrogen and oxygen atoms in total. The van der Waals surface area contributed by atoms with E-state index < -0.39 is 5.67 Å². The van der Waals surface area contributed by atoms with Gasteiger partial charge < -0.3 is 4.74 Å². The molecule has 0 aliphatic rings. The highest BCUT2D eigenvalue weighted by molar-refractivity contribution is 5.21. The van der Waals surface area contributed by atoms with Crippen molar-refractivity contribution in [2.75, 3.05) is 6.61 Å². The van der Waals surface area contributed by atoms with E-state index in [9.17, 15) is 4.39 Å². The van der Waals surface area contributed by atoms with Crippen molar-refractivity contribution in [2.45, 2.75) is 32.9 Å². The van der Waals surface area contributed by atoms with Crippen LogP contribution in [0.1, 0.15) is 27.2 Å². The average molecular weight is 236 g/mol. The largest absolute Gasteiger partial charge is 0.490 e. The van der Waals surface area contributed by atoms with Gasteiger partial charge in [-0.05, 0) is 30.5 Å². The van der Waals surface area contributed by atoms with Gasteiger partial charge in [-0.2, -0.15) is 0 Å². The van der Waals surface area contributed by atoms with Crippen LogP contribution in [0.4, 0.5) is 4.39 Å². The maximum atomic E-state index is 14.4. The highest BCUT2D eigenvalue weighted by atomic mass is 19.1. The Morgan fingerprint density at radius 3 is 2.47 bits per heavy atom. The maximum absolute atomic E-state index is 14.4. The predicted molar refractivity (Wildman–Crippen MR) is 70.0 cm³/mol. The van der Waals surface area contributed by atoms with Gasteiger partial charge in [0.2, 0.25) is 0 Å². The van der Waals surface area contributed by atoms with E-state index in [-0.39, 0.29) is 6.61 Å². The molecule has 0 aliphatic carbocycles. The van der Waals surface area contributed by atoms with E-state index in [1.165, 1.54) is 0 Å². The predicted octanol–water partition coefficient (Wildman–Crippen LogP) is 4.40. The molecule has 2 heteroatoms. The number of alkyl halides is 1. The summed E-state index contributed by atoms with van der Waals surface area (Å²) in [6.45, 7) is 5.96. The van der Waals surface area contributed by atoms with Crippen LogP contribution in [0.15, 0.2) is 42.5 Å². The van der Waals surface area contributed by atoms with E-state index in [0.717, 1.165) is 0 Å². The molecule has 1 atom stereocenters. The van der Waals surface area contributed by atoms with Crippen LogP contribution < -0.4 is 4.74 Å². The van der Waals surface area contributed by atoms with Crippen LogP contribution in [0.25, 0.3) is 0 Å². The number of halogens is 1. The summed E-state index contributed by atoms with van der Waals surface area (Å²) >= 11 is 0. The van der Waals surface area contributed by atoms with Gasteiger partial charge in [0.05, 0.1) is 0 Å². The Kier molecular flexibility index (Phi) is 5.20. The third-order valence-electron chi connectivity index (χ3n) is 2.59. The molecule has 0 heterocycles. The minimum atomic E-state index is -1.37. The fourth-order valence-electron chi connectivity index (χ4n) is 1.35. The van der Waals surface area contributed by atoms with Crippen molar-refractivity contribution in [3.8, 4) is 5.75 Å². The van der Waals surface area contributed by atoms with Crippen molar-refractivity contribution in [3.63, 3.8) is 0 Å². The van der Waals surface area contributed by atoms with Gasteiger partial charge in [-0.25, -0.2) is 4.39 Å². The number of rotatable bonds is 6. The molecule has 0 radical (unpaired) electrons. The SMILES string of the molecule is CCC(F)(/C=C/C(C)C)COc1ccccc1. The van der Waals surface area contributed by atoms with Gasteiger partial charge in [0.25, 0.3) is 0 Å². The van der Waals surface area contributed by atoms with Gasteiger partial charge in [-0.3, -0.25) is 0 Å². The lowest BCUT2D eigenvalue weighted by atomic mass is 10.0. The third kappa shape index (κ3) is 5.03. The lowest BCUT2D eigenvalue weighted by Crippen LogP contribution is -2.28. The standard InChI is InChI=1S/C15H21FO/c1-4-15(16,11-10-13(2)3)12-17-14-8-6-5-7-9-14/h5-11,13H,4,12H2,1-3H3/b11-10+. The van der Waals surface area contributed by atoms with Crippen molar-refractivity contribution >= 4 is 0 Å². The van der Waals surface area contributed by atoms with Crippen LogP contribution in [0.2, 0.25) is 0 Å². The summed E-state index contributed by atoms with van der Waals surface area (Å²) in [6, 6.07) is 9.34. The summed E-state index contributed by atoms with van der Waals surface area (Å²) < 4.78 is 19.8. The van der Waals surface area contributed by atoms with E-state index in [1.807, 2.05) is 57.2 Å². The molecule has 0 fully saturated rings. The molecule has 1 unspecified atom stereocenters. The molecule has 0 N–H and O–H groups in total. The summed E-state index contributed by atoms with van der Waals surface area (Å²) in [7, 11) is 0. The first-order valence-corrected chi connectivity index (χ1v) is 6.12. The number of hydrogen-bond acceptors (Lipinski definition) is 1. The van der Waals surface area contributed by atoms with Crippen LogP contribution in [0, 0.1) is 5.92 Å². The van der Waals surface area contributed by atoms with Crippen LogP contribution in [0.5, 0.6) is 5.75 Å². The number of allylic oxidation sites excluding steroid dienone is 1. The molecule has 0 saturated heterocycles. The fraction of sp³-hybridized carbons (Fsp3) is 0.467. The highest BCUT2D eigenvalue weighted by Gasteiger charge is 2.25. The van der Waals surface area contributed by atoms with Gasteiger partial charge >= 0.3 is 0 Å². The zero-order valence-corrected chi connectivity index (χ0v) is 10.8. The van der Waals surface area contributed by atoms with Gasteiger partial charge in [0.15, 0.2) is 5.67 Å². The smallest absolute Gasteiger partial charge is 0.162 e. The molecule has 1 rings (SSSR count). The van der Waals surface area contributed by atoms with E-state index in [1.54, 1.807) is 6.08 Å². The Morgan fingerprint density at radius 1 is 1.29 bits per heavy atom. The third-order valence-corrected chi connectivity index (χ3v) is 2.59. The van der Waals surface area contributed by atoms with Crippen LogP contribution in [0.3, 0.4) is 0 Å². The fourth-order valence-corrected chi connectivity index (χ4v) is 1.35. The van der Waals surface area contributed by atoms with Gasteiger partial charge in [0, 0.05) is 0 Å². The first-order chi connectivity index (χ1) is 8.06. The molecule has 1 aromatic carbocycles. The van der Waals surface area contributed by atoms with E-state index >= 15 is 0 Å². The summed E-state index contributed by atoms with van der Waals surface area (Å²) in [4.78, 5) is 0. The van der Waals surface area contributed by atoms with Crippen molar-refractivity contribution in [1.82, 2.24) is 0 Å². The minimum Gasteiger partial charge on any atom is -0.490 e. The van der Waals surface area contributed by atoms with Gasteiger partial charge in [-0.1, -0.05) is 45.0 Å². The number of ether oxygens (including phenoxy) is 1. The van der Waals surface area contributed by atoms with Crippen molar-refractivity contribution in [3.05, 3.63) is 42.5 Å². The molecule has 0 saturated carbocycles. The van der Waals surface area contributed by atoms with E-state index in [0.29, 0.717) is 18.1 Å². The summed E-state index contributed by atoms with van der Waals surface area (Å²) in [5, 5.41) is 0. The zero-order chi connectivity index (χ0) is 12.7. The number of hydrogen-bond donors (Lipinski definition) is 0. The monoisotopic (exact) mass is 236 g/mol. The van der Waals surface area contributed by atoms with Crippen LogP contribution >= 0.6 is 0 Å². The molecular weight excluding hydrogens is 215 g/mol. The molecular formula is C15H21FO. The lowest BCUT2D eigenvalue weighted by Gasteiger charge is -2.20. The topological polar surface area (TPSA) is 9.23 Å². The maximum Gasteiger partial charge on any atom is 0.162 e. The molecule has 17 heavy (non-hydrogen) atoms. The Bertz CT molecular complexity index is 345. The molecule has 94 valence electrons. The number of para-hydroxylation sites is 1. The average Bonchev–Trinajstić information content (AvgIpc) is 2.35. The Labute approximate surface area is 103 Å². The minimum absolute atomic E-state index is 0.0662. The summed E-state index contributed by atoms with van der Waals surface area (Å²) in [5.74, 6) is 1.06. The molecule has 0 aliphatic heterocycles. The molecule has 0 aromatic heterocycles. The second-order valence-corrected chi connectivity index (χ2v) is 4.59. The molecule has 0 amide bonds.